The molecule has 8 heteroatoms. The van der Waals surface area contributed by atoms with E-state index in [1.165, 1.54) is 6.33 Å². The molecule has 3 aromatic heterocycles. The summed E-state index contributed by atoms with van der Waals surface area (Å²) in [5.41, 5.74) is 1.89. The number of nitrogens with zero attached hydrogens (tertiary/aromatic N) is 5. The zero-order valence-electron chi connectivity index (χ0n) is 14.4. The van der Waals surface area contributed by atoms with Crippen molar-refractivity contribution in [1.82, 2.24) is 24.1 Å². The molecule has 5 rings (SSSR count). The number of hydrogen-bond donors (Lipinski definition) is 0. The molecule has 0 bridgehead atoms. The maximum Gasteiger partial charge on any atom is 0.262 e. The lowest BCUT2D eigenvalue weighted by molar-refractivity contribution is 0.0963. The number of rotatable bonds is 3. The van der Waals surface area contributed by atoms with Gasteiger partial charge < -0.3 is 9.30 Å². The predicted octanol–water partition coefficient (Wildman–Crippen LogP) is 2.94. The molecule has 0 spiro atoms. The number of halogens is 1. The molecule has 7 nitrogen and oxygen atoms in total. The quantitative estimate of drug-likeness (QED) is 0.545. The zero-order chi connectivity index (χ0) is 18.4. The molecule has 0 amide bonds. The maximum absolute atomic E-state index is 13.3. The van der Waals surface area contributed by atoms with E-state index in [0.29, 0.717) is 33.9 Å². The van der Waals surface area contributed by atoms with Gasteiger partial charge in [-0.15, -0.1) is 0 Å². The number of pyridine rings is 1. The molecule has 1 aliphatic rings. The highest BCUT2D eigenvalue weighted by atomic mass is 35.5. The minimum absolute atomic E-state index is 0.0674. The number of benzene rings is 1. The Morgan fingerprint density at radius 2 is 2.22 bits per heavy atom. The molecule has 0 unspecified atom stereocenters. The van der Waals surface area contributed by atoms with Gasteiger partial charge in [0, 0.05) is 23.4 Å². The van der Waals surface area contributed by atoms with Crippen LogP contribution in [0.25, 0.3) is 27.9 Å². The first-order valence-corrected chi connectivity index (χ1v) is 9.19. The largest absolute Gasteiger partial charge is 0.376 e. The summed E-state index contributed by atoms with van der Waals surface area (Å²) in [6, 6.07) is 9.20. The number of aromatic nitrogens is 5. The van der Waals surface area contributed by atoms with Crippen LogP contribution in [0.1, 0.15) is 12.8 Å². The van der Waals surface area contributed by atoms with E-state index in [4.69, 9.17) is 16.3 Å². The second kappa shape index (κ2) is 6.44. The SMILES string of the molecule is O=c1c2c(-c3cccc(Cl)c3)n3ncnc3nc2ccn1C[C@@H]1CCCO1. The van der Waals surface area contributed by atoms with E-state index >= 15 is 0 Å². The van der Waals surface area contributed by atoms with Crippen LogP contribution < -0.4 is 5.56 Å². The van der Waals surface area contributed by atoms with E-state index in [-0.39, 0.29) is 11.7 Å². The first-order chi connectivity index (χ1) is 13.2. The Morgan fingerprint density at radius 3 is 3.04 bits per heavy atom. The van der Waals surface area contributed by atoms with Crippen LogP contribution in [0.2, 0.25) is 5.02 Å². The van der Waals surface area contributed by atoms with Crippen molar-refractivity contribution in [2.24, 2.45) is 0 Å². The van der Waals surface area contributed by atoms with Gasteiger partial charge in [0.2, 0.25) is 0 Å². The van der Waals surface area contributed by atoms with Gasteiger partial charge >= 0.3 is 0 Å². The normalized spacial score (nSPS) is 17.1. The van der Waals surface area contributed by atoms with Crippen molar-refractivity contribution < 1.29 is 4.74 Å². The lowest BCUT2D eigenvalue weighted by Crippen LogP contribution is -2.27. The van der Waals surface area contributed by atoms with E-state index < -0.39 is 0 Å². The number of ether oxygens (including phenoxy) is 1. The minimum atomic E-state index is -0.122. The van der Waals surface area contributed by atoms with Crippen LogP contribution in [0.5, 0.6) is 0 Å². The van der Waals surface area contributed by atoms with Crippen molar-refractivity contribution in [2.75, 3.05) is 6.61 Å². The second-order valence-electron chi connectivity index (χ2n) is 6.61. The molecule has 4 aromatic rings. The smallest absolute Gasteiger partial charge is 0.262 e. The summed E-state index contributed by atoms with van der Waals surface area (Å²) in [5, 5.41) is 5.36. The Balaban J connectivity index is 1.80. The van der Waals surface area contributed by atoms with Crippen LogP contribution in [0.3, 0.4) is 0 Å². The highest BCUT2D eigenvalue weighted by Gasteiger charge is 2.20. The maximum atomic E-state index is 13.3. The molecule has 1 aromatic carbocycles. The Hall–Kier alpha value is -2.77. The second-order valence-corrected chi connectivity index (χ2v) is 7.05. The van der Waals surface area contributed by atoms with Crippen molar-refractivity contribution in [3.05, 3.63) is 58.2 Å². The van der Waals surface area contributed by atoms with E-state index in [0.717, 1.165) is 25.0 Å². The van der Waals surface area contributed by atoms with E-state index in [1.807, 2.05) is 24.3 Å². The molecule has 0 saturated carbocycles. The molecule has 1 fully saturated rings. The van der Waals surface area contributed by atoms with Crippen LogP contribution in [-0.4, -0.2) is 36.9 Å². The van der Waals surface area contributed by atoms with Gasteiger partial charge in [-0.3, -0.25) is 4.79 Å². The third kappa shape index (κ3) is 2.79. The summed E-state index contributed by atoms with van der Waals surface area (Å²) in [5.74, 6) is 0.439. The first-order valence-electron chi connectivity index (χ1n) is 8.81. The summed E-state index contributed by atoms with van der Waals surface area (Å²) in [6.07, 6.45) is 5.26. The fourth-order valence-electron chi connectivity index (χ4n) is 3.62. The summed E-state index contributed by atoms with van der Waals surface area (Å²) in [4.78, 5) is 22.0. The van der Waals surface area contributed by atoms with Gasteiger partial charge in [-0.05, 0) is 31.0 Å². The standard InChI is InChI=1S/C19H16ClN5O2/c20-13-4-1-3-12(9-13)17-16-15(23-19-21-11-22-25(17)19)6-7-24(18(16)26)10-14-5-2-8-27-14/h1,3-4,6-7,9,11,14H,2,5,8,10H2/t14-/m0/s1. The molecular weight excluding hydrogens is 366 g/mol. The van der Waals surface area contributed by atoms with Crippen molar-refractivity contribution in [3.8, 4) is 11.3 Å². The van der Waals surface area contributed by atoms with Crippen molar-refractivity contribution in [3.63, 3.8) is 0 Å². The van der Waals surface area contributed by atoms with Crippen molar-refractivity contribution >= 4 is 28.3 Å². The molecular formula is C19H16ClN5O2. The summed E-state index contributed by atoms with van der Waals surface area (Å²) in [6.45, 7) is 1.28. The molecule has 1 aliphatic heterocycles. The molecule has 136 valence electrons. The molecule has 1 atom stereocenters. The number of hydrogen-bond acceptors (Lipinski definition) is 5. The van der Waals surface area contributed by atoms with Crippen LogP contribution in [0.15, 0.2) is 47.7 Å². The molecule has 0 radical (unpaired) electrons. The third-order valence-corrected chi connectivity index (χ3v) is 5.10. The Labute approximate surface area is 159 Å². The molecule has 1 saturated heterocycles. The van der Waals surface area contributed by atoms with Crippen LogP contribution in [0.4, 0.5) is 0 Å². The molecule has 0 aliphatic carbocycles. The van der Waals surface area contributed by atoms with Gasteiger partial charge in [-0.2, -0.15) is 14.6 Å². The Morgan fingerprint density at radius 1 is 1.30 bits per heavy atom. The van der Waals surface area contributed by atoms with Crippen LogP contribution in [0, 0.1) is 0 Å². The lowest BCUT2D eigenvalue weighted by Gasteiger charge is -2.14. The van der Waals surface area contributed by atoms with Gasteiger partial charge in [0.15, 0.2) is 0 Å². The van der Waals surface area contributed by atoms with Crippen LogP contribution >= 0.6 is 11.6 Å². The molecule has 4 heterocycles. The van der Waals surface area contributed by atoms with Gasteiger partial charge in [-0.1, -0.05) is 23.7 Å². The Bertz CT molecular complexity index is 1210. The molecule has 0 N–H and O–H groups in total. The van der Waals surface area contributed by atoms with E-state index in [9.17, 15) is 4.79 Å². The van der Waals surface area contributed by atoms with Crippen molar-refractivity contribution in [1.29, 1.82) is 0 Å². The number of fused-ring (bicyclic) bond motifs is 2. The third-order valence-electron chi connectivity index (χ3n) is 4.86. The van der Waals surface area contributed by atoms with E-state index in [2.05, 4.69) is 15.1 Å². The minimum Gasteiger partial charge on any atom is -0.376 e. The average Bonchev–Trinajstić information content (AvgIpc) is 3.34. The highest BCUT2D eigenvalue weighted by molar-refractivity contribution is 6.30. The zero-order valence-corrected chi connectivity index (χ0v) is 15.1. The summed E-state index contributed by atoms with van der Waals surface area (Å²) < 4.78 is 8.97. The van der Waals surface area contributed by atoms with Crippen molar-refractivity contribution in [2.45, 2.75) is 25.5 Å². The van der Waals surface area contributed by atoms with Crippen LogP contribution in [-0.2, 0) is 11.3 Å². The van der Waals surface area contributed by atoms with Gasteiger partial charge in [0.25, 0.3) is 11.3 Å². The highest BCUT2D eigenvalue weighted by Crippen LogP contribution is 2.28. The van der Waals surface area contributed by atoms with Gasteiger partial charge in [-0.25, -0.2) is 4.98 Å². The van der Waals surface area contributed by atoms with E-state index in [1.54, 1.807) is 21.3 Å². The monoisotopic (exact) mass is 381 g/mol. The predicted molar refractivity (Wildman–Crippen MR) is 102 cm³/mol. The fourth-order valence-corrected chi connectivity index (χ4v) is 3.81. The lowest BCUT2D eigenvalue weighted by atomic mass is 10.1. The van der Waals surface area contributed by atoms with Gasteiger partial charge in [0.1, 0.15) is 6.33 Å². The average molecular weight is 382 g/mol. The summed E-state index contributed by atoms with van der Waals surface area (Å²) in [7, 11) is 0. The molecule has 27 heavy (non-hydrogen) atoms. The summed E-state index contributed by atoms with van der Waals surface area (Å²) >= 11 is 6.19. The first kappa shape index (κ1) is 16.4. The van der Waals surface area contributed by atoms with Gasteiger partial charge in [0.05, 0.1) is 29.2 Å². The fraction of sp³-hybridized carbons (Fsp3) is 0.263. The Kier molecular flexibility index (Phi) is 3.91. The topological polar surface area (TPSA) is 74.3 Å².